The van der Waals surface area contributed by atoms with Gasteiger partial charge in [-0.15, -0.1) is 6.07 Å². The number of rotatable bonds is 2. The summed E-state index contributed by atoms with van der Waals surface area (Å²) in [5.41, 5.74) is 1.31. The van der Waals surface area contributed by atoms with Crippen LogP contribution in [0.1, 0.15) is 0 Å². The van der Waals surface area contributed by atoms with Gasteiger partial charge in [-0.25, -0.2) is 8.78 Å². The van der Waals surface area contributed by atoms with Crippen molar-refractivity contribution in [3.63, 3.8) is 0 Å². The van der Waals surface area contributed by atoms with Gasteiger partial charge in [0, 0.05) is 46.1 Å². The third-order valence-electron chi connectivity index (χ3n) is 2.26. The van der Waals surface area contributed by atoms with Crippen molar-refractivity contribution >= 4 is 5.69 Å². The Morgan fingerprint density at radius 1 is 1.28 bits per heavy atom. The molecule has 0 N–H and O–H groups in total. The van der Waals surface area contributed by atoms with E-state index < -0.39 is 11.9 Å². The molecule has 0 fully saturated rings. The minimum atomic E-state index is -0.909. The van der Waals surface area contributed by atoms with E-state index in [9.17, 15) is 8.78 Å². The molecule has 18 heavy (non-hydrogen) atoms. The maximum atomic E-state index is 13.4. The van der Waals surface area contributed by atoms with Crippen LogP contribution in [0.3, 0.4) is 0 Å². The largest absolute Gasteiger partial charge is 0.378 e. The fraction of sp³-hybridized carbons (Fsp3) is 0.167. The van der Waals surface area contributed by atoms with Crippen LogP contribution < -0.4 is 4.90 Å². The monoisotopic (exact) mass is 427 g/mol. The Morgan fingerprint density at radius 2 is 2.00 bits per heavy atom. The van der Waals surface area contributed by atoms with E-state index in [1.165, 1.54) is 0 Å². The number of nitrogens with zero attached hydrogens (tertiary/aromatic N) is 3. The second-order valence-corrected chi connectivity index (χ2v) is 3.68. The average molecular weight is 426 g/mol. The van der Waals surface area contributed by atoms with Crippen molar-refractivity contribution < 1.29 is 28.9 Å². The zero-order chi connectivity index (χ0) is 12.4. The Morgan fingerprint density at radius 3 is 2.61 bits per heavy atom. The van der Waals surface area contributed by atoms with Gasteiger partial charge in [0.05, 0.1) is 0 Å². The first-order chi connectivity index (χ1) is 8.08. The molecule has 0 atom stereocenters. The predicted molar refractivity (Wildman–Crippen MR) is 60.5 cm³/mol. The standard InChI is InChI=1S/C12H10F2N3.Ir/c1-17(2)8-5-6-15-10(7-8)9-3-4-11(13)16-12(9)14;/h4-7H,1-2H3;/q-1;. The first kappa shape index (κ1) is 14.7. The number of halogens is 2. The Labute approximate surface area is 117 Å². The van der Waals surface area contributed by atoms with Gasteiger partial charge in [-0.3, -0.25) is 4.98 Å². The number of pyridine rings is 2. The number of hydrogen-bond acceptors (Lipinski definition) is 3. The van der Waals surface area contributed by atoms with Crippen LogP contribution in [-0.4, -0.2) is 24.1 Å². The molecule has 2 heterocycles. The molecule has 0 saturated heterocycles. The van der Waals surface area contributed by atoms with Crippen molar-refractivity contribution in [2.24, 2.45) is 0 Å². The molecule has 2 aromatic heterocycles. The van der Waals surface area contributed by atoms with Crippen LogP contribution in [0.25, 0.3) is 11.3 Å². The van der Waals surface area contributed by atoms with Gasteiger partial charge >= 0.3 is 0 Å². The van der Waals surface area contributed by atoms with E-state index in [-0.39, 0.29) is 25.7 Å². The smallest absolute Gasteiger partial charge is 0.128 e. The fourth-order valence-electron chi connectivity index (χ4n) is 1.39. The van der Waals surface area contributed by atoms with E-state index in [1.54, 1.807) is 18.3 Å². The molecule has 1 radical (unpaired) electrons. The van der Waals surface area contributed by atoms with Crippen LogP contribution >= 0.6 is 0 Å². The van der Waals surface area contributed by atoms with Crippen molar-refractivity contribution in [3.8, 4) is 11.3 Å². The Bertz CT molecular complexity index is 547. The average Bonchev–Trinajstić information content (AvgIpc) is 2.29. The molecule has 97 valence electrons. The van der Waals surface area contributed by atoms with Gasteiger partial charge in [0.1, 0.15) is 11.9 Å². The molecule has 0 aliphatic rings. The van der Waals surface area contributed by atoms with Gasteiger partial charge in [-0.1, -0.05) is 17.7 Å². The van der Waals surface area contributed by atoms with E-state index in [1.807, 2.05) is 19.0 Å². The first-order valence-electron chi connectivity index (χ1n) is 4.95. The van der Waals surface area contributed by atoms with Gasteiger partial charge in [0.25, 0.3) is 0 Å². The molecule has 0 saturated carbocycles. The summed E-state index contributed by atoms with van der Waals surface area (Å²) < 4.78 is 26.1. The molecular weight excluding hydrogens is 416 g/mol. The van der Waals surface area contributed by atoms with Crippen LogP contribution in [-0.2, 0) is 20.1 Å². The summed E-state index contributed by atoms with van der Waals surface area (Å²) in [6, 6.07) is 6.96. The van der Waals surface area contributed by atoms with E-state index in [0.29, 0.717) is 5.69 Å². The third kappa shape index (κ3) is 3.09. The maximum absolute atomic E-state index is 13.4. The summed E-state index contributed by atoms with van der Waals surface area (Å²) in [5.74, 6) is -1.80. The number of anilines is 1. The predicted octanol–water partition coefficient (Wildman–Crippen LogP) is 2.29. The molecule has 0 spiro atoms. The van der Waals surface area contributed by atoms with Crippen LogP contribution in [0.5, 0.6) is 0 Å². The molecule has 0 aliphatic carbocycles. The SMILES string of the molecule is CN(C)c1ccnc(-c2[c-]cc(F)nc2F)c1.[Ir]. The van der Waals surface area contributed by atoms with Gasteiger partial charge in [0.15, 0.2) is 0 Å². The second-order valence-electron chi connectivity index (χ2n) is 3.68. The van der Waals surface area contributed by atoms with Crippen molar-refractivity contribution in [1.29, 1.82) is 0 Å². The maximum Gasteiger partial charge on any atom is 0.128 e. The zero-order valence-electron chi connectivity index (χ0n) is 9.74. The molecule has 0 amide bonds. The van der Waals surface area contributed by atoms with Crippen molar-refractivity contribution in [2.45, 2.75) is 0 Å². The molecule has 2 rings (SSSR count). The normalized spacial score (nSPS) is 9.78. The van der Waals surface area contributed by atoms with E-state index in [2.05, 4.69) is 16.0 Å². The van der Waals surface area contributed by atoms with Crippen LogP contribution in [0.2, 0.25) is 0 Å². The van der Waals surface area contributed by atoms with Gasteiger partial charge in [0.2, 0.25) is 0 Å². The summed E-state index contributed by atoms with van der Waals surface area (Å²) in [5, 5.41) is 0. The molecule has 0 bridgehead atoms. The van der Waals surface area contributed by atoms with Crippen molar-refractivity contribution in [2.75, 3.05) is 19.0 Å². The van der Waals surface area contributed by atoms with Crippen LogP contribution in [0, 0.1) is 18.0 Å². The summed E-state index contributed by atoms with van der Waals surface area (Å²) >= 11 is 0. The summed E-state index contributed by atoms with van der Waals surface area (Å²) in [6.07, 6.45) is 1.56. The number of hydrogen-bond donors (Lipinski definition) is 0. The van der Waals surface area contributed by atoms with Gasteiger partial charge in [-0.05, 0) is 11.8 Å². The minimum absolute atomic E-state index is 0. The molecule has 2 aromatic rings. The second kappa shape index (κ2) is 5.98. The van der Waals surface area contributed by atoms with E-state index in [4.69, 9.17) is 0 Å². The minimum Gasteiger partial charge on any atom is -0.378 e. The molecule has 0 unspecified atom stereocenters. The van der Waals surface area contributed by atoms with Crippen LogP contribution in [0.15, 0.2) is 24.4 Å². The van der Waals surface area contributed by atoms with Crippen LogP contribution in [0.4, 0.5) is 14.5 Å². The van der Waals surface area contributed by atoms with Crippen molar-refractivity contribution in [1.82, 2.24) is 9.97 Å². The summed E-state index contributed by atoms with van der Waals surface area (Å²) in [4.78, 5) is 8.99. The van der Waals surface area contributed by atoms with Gasteiger partial charge < -0.3 is 9.88 Å². The summed E-state index contributed by atoms with van der Waals surface area (Å²) in [7, 11) is 3.73. The third-order valence-corrected chi connectivity index (χ3v) is 2.26. The molecule has 6 heteroatoms. The summed E-state index contributed by atoms with van der Waals surface area (Å²) in [6.45, 7) is 0. The topological polar surface area (TPSA) is 29.0 Å². The zero-order valence-corrected chi connectivity index (χ0v) is 12.1. The van der Waals surface area contributed by atoms with E-state index >= 15 is 0 Å². The van der Waals surface area contributed by atoms with Gasteiger partial charge in [-0.2, -0.15) is 0 Å². The Kier molecular flexibility index (Phi) is 4.87. The molecular formula is C12H10F2IrN3-. The van der Waals surface area contributed by atoms with E-state index in [0.717, 1.165) is 11.8 Å². The quantitative estimate of drug-likeness (QED) is 0.545. The molecule has 0 aliphatic heterocycles. The first-order valence-corrected chi connectivity index (χ1v) is 4.95. The fourth-order valence-corrected chi connectivity index (χ4v) is 1.39. The van der Waals surface area contributed by atoms with Crippen molar-refractivity contribution in [3.05, 3.63) is 42.4 Å². The molecule has 3 nitrogen and oxygen atoms in total. The Hall–Kier alpha value is -1.39. The molecule has 0 aromatic carbocycles. The Balaban J connectivity index is 0.00000162. The number of aromatic nitrogens is 2.